The van der Waals surface area contributed by atoms with Gasteiger partial charge in [0.1, 0.15) is 5.01 Å². The van der Waals surface area contributed by atoms with Crippen molar-refractivity contribution in [2.45, 2.75) is 38.6 Å². The Labute approximate surface area is 132 Å². The zero-order chi connectivity index (χ0) is 15.4. The number of carbonyl (C=O) groups excluding carboxylic acids is 1. The summed E-state index contributed by atoms with van der Waals surface area (Å²) < 4.78 is 1.82. The van der Waals surface area contributed by atoms with E-state index < -0.39 is 0 Å². The average Bonchev–Trinajstić information content (AvgIpc) is 3.20. The van der Waals surface area contributed by atoms with Crippen LogP contribution in [-0.2, 0) is 6.42 Å². The highest BCUT2D eigenvalue weighted by Crippen LogP contribution is 2.22. The van der Waals surface area contributed by atoms with Gasteiger partial charge >= 0.3 is 6.03 Å². The largest absolute Gasteiger partial charge is 0.323 e. The summed E-state index contributed by atoms with van der Waals surface area (Å²) in [5.41, 5.74) is 0. The number of hydrogen-bond acceptors (Lipinski definition) is 6. The van der Waals surface area contributed by atoms with Crippen molar-refractivity contribution in [2.75, 3.05) is 18.4 Å². The van der Waals surface area contributed by atoms with E-state index in [0.29, 0.717) is 11.7 Å². The van der Waals surface area contributed by atoms with Gasteiger partial charge < -0.3 is 4.90 Å². The van der Waals surface area contributed by atoms with E-state index in [4.69, 9.17) is 0 Å². The van der Waals surface area contributed by atoms with Crippen molar-refractivity contribution >= 4 is 22.5 Å². The van der Waals surface area contributed by atoms with E-state index in [1.165, 1.54) is 11.3 Å². The summed E-state index contributed by atoms with van der Waals surface area (Å²) in [6.45, 7) is 3.48. The van der Waals surface area contributed by atoms with Crippen molar-refractivity contribution in [1.29, 1.82) is 0 Å². The van der Waals surface area contributed by atoms with Crippen LogP contribution in [0, 0.1) is 0 Å². The molecule has 2 aromatic rings. The number of anilines is 1. The van der Waals surface area contributed by atoms with Gasteiger partial charge in [0.2, 0.25) is 5.13 Å². The second-order valence-corrected chi connectivity index (χ2v) is 6.37. The molecule has 1 unspecified atom stereocenters. The van der Waals surface area contributed by atoms with Gasteiger partial charge in [-0.25, -0.2) is 9.48 Å². The fourth-order valence-electron chi connectivity index (χ4n) is 2.56. The summed E-state index contributed by atoms with van der Waals surface area (Å²) in [4.78, 5) is 14.2. The lowest BCUT2D eigenvalue weighted by Gasteiger charge is -2.32. The van der Waals surface area contributed by atoms with E-state index in [9.17, 15) is 4.79 Å². The number of nitrogens with one attached hydrogen (secondary N) is 1. The lowest BCUT2D eigenvalue weighted by Crippen LogP contribution is -2.43. The Hall–Kier alpha value is -2.03. The van der Waals surface area contributed by atoms with Gasteiger partial charge in [-0.2, -0.15) is 0 Å². The molecular formula is C13H19N7OS. The number of urea groups is 1. The molecule has 0 aromatic carbocycles. The number of rotatable bonds is 4. The second-order valence-electron chi connectivity index (χ2n) is 5.31. The lowest BCUT2D eigenvalue weighted by molar-refractivity contribution is 0.174. The van der Waals surface area contributed by atoms with Crippen LogP contribution in [-0.4, -0.2) is 49.2 Å². The molecule has 0 saturated carbocycles. The maximum Gasteiger partial charge on any atom is 0.323 e. The normalized spacial score (nSPS) is 18.4. The molecule has 1 aliphatic heterocycles. The minimum atomic E-state index is -0.121. The monoisotopic (exact) mass is 321 g/mol. The third-order valence-electron chi connectivity index (χ3n) is 3.64. The number of aryl methyl sites for hydroxylation is 1. The van der Waals surface area contributed by atoms with E-state index in [1.54, 1.807) is 11.1 Å². The molecule has 0 aliphatic carbocycles. The van der Waals surface area contributed by atoms with Crippen LogP contribution < -0.4 is 5.32 Å². The van der Waals surface area contributed by atoms with Gasteiger partial charge in [-0.1, -0.05) is 23.5 Å². The Morgan fingerprint density at radius 1 is 1.50 bits per heavy atom. The average molecular weight is 321 g/mol. The number of carbonyl (C=O) groups is 1. The minimum Gasteiger partial charge on any atom is -0.322 e. The zero-order valence-electron chi connectivity index (χ0n) is 12.5. The first kappa shape index (κ1) is 14.9. The highest BCUT2D eigenvalue weighted by Gasteiger charge is 2.25. The summed E-state index contributed by atoms with van der Waals surface area (Å²) in [5, 5.41) is 20.3. The molecule has 2 amide bonds. The molecule has 1 fully saturated rings. The highest BCUT2D eigenvalue weighted by molar-refractivity contribution is 7.15. The molecule has 8 nitrogen and oxygen atoms in total. The molecule has 1 aliphatic rings. The van der Waals surface area contributed by atoms with Gasteiger partial charge in [0, 0.05) is 25.7 Å². The van der Waals surface area contributed by atoms with Crippen LogP contribution in [0.1, 0.15) is 37.2 Å². The van der Waals surface area contributed by atoms with Gasteiger partial charge in [-0.3, -0.25) is 5.32 Å². The number of likely N-dealkylation sites (tertiary alicyclic amines) is 1. The predicted molar refractivity (Wildman–Crippen MR) is 82.8 cm³/mol. The summed E-state index contributed by atoms with van der Waals surface area (Å²) in [6.07, 6.45) is 7.38. The first-order chi connectivity index (χ1) is 10.8. The van der Waals surface area contributed by atoms with Crippen molar-refractivity contribution < 1.29 is 4.79 Å². The molecular weight excluding hydrogens is 302 g/mol. The van der Waals surface area contributed by atoms with Gasteiger partial charge in [0.05, 0.1) is 12.2 Å². The zero-order valence-corrected chi connectivity index (χ0v) is 13.3. The maximum absolute atomic E-state index is 12.4. The Morgan fingerprint density at radius 2 is 2.41 bits per heavy atom. The van der Waals surface area contributed by atoms with E-state index in [-0.39, 0.29) is 12.1 Å². The van der Waals surface area contributed by atoms with Crippen LogP contribution in [0.15, 0.2) is 12.4 Å². The van der Waals surface area contributed by atoms with Gasteiger partial charge in [0.25, 0.3) is 0 Å². The van der Waals surface area contributed by atoms with Crippen LogP contribution in [0.25, 0.3) is 0 Å². The van der Waals surface area contributed by atoms with Crippen molar-refractivity contribution in [1.82, 2.24) is 30.1 Å². The number of amides is 2. The van der Waals surface area contributed by atoms with Crippen LogP contribution in [0.3, 0.4) is 0 Å². The Morgan fingerprint density at radius 3 is 3.18 bits per heavy atom. The quantitative estimate of drug-likeness (QED) is 0.929. The standard InChI is InChI=1S/C13H19N7OS/c1-2-4-11-16-17-12(22-11)15-13(21)19-7-3-5-10(9-19)20-8-6-14-18-20/h6,8,10H,2-5,7,9H2,1H3,(H,15,17,21). The number of hydrogen-bond donors (Lipinski definition) is 1. The van der Waals surface area contributed by atoms with E-state index >= 15 is 0 Å². The van der Waals surface area contributed by atoms with Crippen molar-refractivity contribution in [3.05, 3.63) is 17.4 Å². The topological polar surface area (TPSA) is 88.8 Å². The van der Waals surface area contributed by atoms with Crippen molar-refractivity contribution in [3.8, 4) is 0 Å². The van der Waals surface area contributed by atoms with Crippen molar-refractivity contribution in [3.63, 3.8) is 0 Å². The molecule has 1 N–H and O–H groups in total. The fourth-order valence-corrected chi connectivity index (χ4v) is 3.39. The lowest BCUT2D eigenvalue weighted by atomic mass is 10.1. The third-order valence-corrected chi connectivity index (χ3v) is 4.54. The smallest absolute Gasteiger partial charge is 0.322 e. The van der Waals surface area contributed by atoms with Crippen LogP contribution >= 0.6 is 11.3 Å². The minimum absolute atomic E-state index is 0.121. The highest BCUT2D eigenvalue weighted by atomic mass is 32.1. The van der Waals surface area contributed by atoms with E-state index in [2.05, 4.69) is 32.7 Å². The van der Waals surface area contributed by atoms with Crippen LogP contribution in [0.4, 0.5) is 9.93 Å². The SMILES string of the molecule is CCCc1nnc(NC(=O)N2CCCC(n3ccnn3)C2)s1. The third kappa shape index (κ3) is 3.41. The molecule has 0 radical (unpaired) electrons. The fraction of sp³-hybridized carbons (Fsp3) is 0.615. The molecule has 1 atom stereocenters. The van der Waals surface area contributed by atoms with Crippen LogP contribution in [0.2, 0.25) is 0 Å². The summed E-state index contributed by atoms with van der Waals surface area (Å²) in [6, 6.07) is 0.0658. The number of aromatic nitrogens is 5. The van der Waals surface area contributed by atoms with Gasteiger partial charge in [0.15, 0.2) is 0 Å². The molecule has 3 heterocycles. The predicted octanol–water partition coefficient (Wildman–Crippen LogP) is 1.95. The molecule has 9 heteroatoms. The van der Waals surface area contributed by atoms with Crippen LogP contribution in [0.5, 0.6) is 0 Å². The maximum atomic E-state index is 12.4. The Balaban J connectivity index is 1.59. The molecule has 2 aromatic heterocycles. The molecule has 22 heavy (non-hydrogen) atoms. The van der Waals surface area contributed by atoms with Gasteiger partial charge in [-0.05, 0) is 19.3 Å². The molecule has 0 bridgehead atoms. The number of nitrogens with zero attached hydrogens (tertiary/aromatic N) is 6. The first-order valence-electron chi connectivity index (χ1n) is 7.50. The second kappa shape index (κ2) is 6.82. The van der Waals surface area contributed by atoms with Crippen molar-refractivity contribution in [2.24, 2.45) is 0 Å². The Bertz CT molecular complexity index is 612. The molecule has 1 saturated heterocycles. The Kier molecular flexibility index (Phi) is 4.62. The molecule has 3 rings (SSSR count). The van der Waals surface area contributed by atoms with Gasteiger partial charge in [-0.15, -0.1) is 15.3 Å². The summed E-state index contributed by atoms with van der Waals surface area (Å²) in [5.74, 6) is 0. The number of piperidine rings is 1. The first-order valence-corrected chi connectivity index (χ1v) is 8.32. The summed E-state index contributed by atoms with van der Waals surface area (Å²) >= 11 is 1.44. The molecule has 0 spiro atoms. The van der Waals surface area contributed by atoms with E-state index in [0.717, 1.165) is 37.2 Å². The summed E-state index contributed by atoms with van der Waals surface area (Å²) in [7, 11) is 0. The molecule has 118 valence electrons. The van der Waals surface area contributed by atoms with E-state index in [1.807, 2.05) is 10.9 Å².